The lowest BCUT2D eigenvalue weighted by molar-refractivity contribution is -0.388. The molecule has 0 saturated carbocycles. The second-order valence-electron chi connectivity index (χ2n) is 3.87. The zero-order valence-electron chi connectivity index (χ0n) is 10.6. The van der Waals surface area contributed by atoms with Gasteiger partial charge >= 0.3 is 11.8 Å². The molecule has 1 N–H and O–H groups in total. The van der Waals surface area contributed by atoms with Crippen molar-refractivity contribution in [2.45, 2.75) is 26.8 Å². The van der Waals surface area contributed by atoms with Crippen LogP contribution in [0.25, 0.3) is 0 Å². The number of aryl methyl sites for hydroxylation is 1. The van der Waals surface area contributed by atoms with Crippen molar-refractivity contribution in [3.05, 3.63) is 15.9 Å². The lowest BCUT2D eigenvalue weighted by atomic mass is 10.4. The van der Waals surface area contributed by atoms with E-state index in [1.54, 1.807) is 23.4 Å². The van der Waals surface area contributed by atoms with Gasteiger partial charge in [0.05, 0.1) is 6.42 Å². The Morgan fingerprint density at radius 1 is 1.61 bits per heavy atom. The van der Waals surface area contributed by atoms with Crippen molar-refractivity contribution in [2.24, 2.45) is 0 Å². The number of aromatic nitrogens is 2. The summed E-state index contributed by atoms with van der Waals surface area (Å²) in [7, 11) is 1.62. The second kappa shape index (κ2) is 5.48. The first-order chi connectivity index (χ1) is 8.38. The fourth-order valence-corrected chi connectivity index (χ4v) is 1.78. The van der Waals surface area contributed by atoms with Crippen molar-refractivity contribution in [3.8, 4) is 0 Å². The van der Waals surface area contributed by atoms with E-state index in [0.29, 0.717) is 18.2 Å². The summed E-state index contributed by atoms with van der Waals surface area (Å²) in [5.41, 5.74) is 0. The van der Waals surface area contributed by atoms with Gasteiger partial charge in [0.1, 0.15) is 0 Å². The molecule has 0 fully saturated rings. The summed E-state index contributed by atoms with van der Waals surface area (Å²) in [6, 6.07) is 0. The molecule has 0 bridgehead atoms. The van der Waals surface area contributed by atoms with Gasteiger partial charge < -0.3 is 20.1 Å². The summed E-state index contributed by atoms with van der Waals surface area (Å²) >= 11 is 0. The number of hydrogen-bond donors (Lipinski definition) is 1. The Bertz CT molecular complexity index is 469. The third-order valence-electron chi connectivity index (χ3n) is 2.63. The molecule has 0 spiro atoms. The lowest BCUT2D eigenvalue weighted by Gasteiger charge is -2.18. The topological polar surface area (TPSA) is 101 Å². The first kappa shape index (κ1) is 13.9. The standard InChI is InChI=1S/C10H16N4O4/c1-4-13-7(2)11-9(14(17)18)10(13)12(3)6-5-8(15)16/h4-6H2,1-3H3,(H,15,16). The monoisotopic (exact) mass is 256 g/mol. The molecule has 0 aliphatic rings. The van der Waals surface area contributed by atoms with Crippen LogP contribution in [-0.4, -0.2) is 39.1 Å². The molecule has 0 aliphatic heterocycles. The molecule has 0 unspecified atom stereocenters. The first-order valence-corrected chi connectivity index (χ1v) is 5.52. The molecular formula is C10H16N4O4. The smallest absolute Gasteiger partial charge is 0.406 e. The number of anilines is 1. The van der Waals surface area contributed by atoms with Gasteiger partial charge in [-0.3, -0.25) is 9.36 Å². The van der Waals surface area contributed by atoms with E-state index in [-0.39, 0.29) is 18.8 Å². The summed E-state index contributed by atoms with van der Waals surface area (Å²) in [4.78, 5) is 26.4. The Labute approximate surface area is 104 Å². The fourth-order valence-electron chi connectivity index (χ4n) is 1.78. The van der Waals surface area contributed by atoms with Crippen LogP contribution in [0.2, 0.25) is 0 Å². The van der Waals surface area contributed by atoms with Crippen LogP contribution in [0.1, 0.15) is 19.2 Å². The Hall–Kier alpha value is -2.12. The van der Waals surface area contributed by atoms with Crippen molar-refractivity contribution in [3.63, 3.8) is 0 Å². The van der Waals surface area contributed by atoms with Crippen LogP contribution in [0.15, 0.2) is 0 Å². The highest BCUT2D eigenvalue weighted by atomic mass is 16.6. The van der Waals surface area contributed by atoms with Gasteiger partial charge in [-0.15, -0.1) is 0 Å². The Morgan fingerprint density at radius 2 is 2.22 bits per heavy atom. The highest BCUT2D eigenvalue weighted by Crippen LogP contribution is 2.28. The van der Waals surface area contributed by atoms with Crippen LogP contribution in [0.4, 0.5) is 11.6 Å². The van der Waals surface area contributed by atoms with E-state index in [2.05, 4.69) is 4.98 Å². The molecule has 1 aromatic heterocycles. The quantitative estimate of drug-likeness (QED) is 0.602. The molecule has 1 aromatic rings. The number of imidazole rings is 1. The Morgan fingerprint density at radius 3 is 2.67 bits per heavy atom. The highest BCUT2D eigenvalue weighted by molar-refractivity contribution is 5.68. The van der Waals surface area contributed by atoms with Crippen molar-refractivity contribution >= 4 is 17.6 Å². The predicted octanol–water partition coefficient (Wildman–Crippen LogP) is 1.03. The van der Waals surface area contributed by atoms with Crippen LogP contribution in [0.3, 0.4) is 0 Å². The molecule has 0 atom stereocenters. The fraction of sp³-hybridized carbons (Fsp3) is 0.600. The van der Waals surface area contributed by atoms with E-state index < -0.39 is 10.9 Å². The number of carboxylic acids is 1. The normalized spacial score (nSPS) is 10.4. The molecule has 100 valence electrons. The van der Waals surface area contributed by atoms with E-state index in [4.69, 9.17) is 5.11 Å². The minimum atomic E-state index is -0.941. The van der Waals surface area contributed by atoms with E-state index in [0.717, 1.165) is 0 Å². The molecule has 0 amide bonds. The Kier molecular flexibility index (Phi) is 4.24. The Balaban J connectivity index is 3.11. The third kappa shape index (κ3) is 2.76. The molecule has 0 aliphatic carbocycles. The average Bonchev–Trinajstić information content (AvgIpc) is 2.63. The molecule has 0 aromatic carbocycles. The van der Waals surface area contributed by atoms with Crippen LogP contribution >= 0.6 is 0 Å². The molecule has 1 rings (SSSR count). The summed E-state index contributed by atoms with van der Waals surface area (Å²) in [6.45, 7) is 4.28. The van der Waals surface area contributed by atoms with Gasteiger partial charge in [0, 0.05) is 27.1 Å². The van der Waals surface area contributed by atoms with Crippen molar-refractivity contribution in [2.75, 3.05) is 18.5 Å². The molecular weight excluding hydrogens is 240 g/mol. The highest BCUT2D eigenvalue weighted by Gasteiger charge is 2.27. The maximum Gasteiger partial charge on any atom is 0.406 e. The summed E-state index contributed by atoms with van der Waals surface area (Å²) < 4.78 is 1.69. The van der Waals surface area contributed by atoms with Gasteiger partial charge in [0.25, 0.3) is 0 Å². The number of aliphatic carboxylic acids is 1. The summed E-state index contributed by atoms with van der Waals surface area (Å²) in [5.74, 6) is -0.284. The van der Waals surface area contributed by atoms with E-state index in [9.17, 15) is 14.9 Å². The minimum absolute atomic E-state index is 0.0817. The first-order valence-electron chi connectivity index (χ1n) is 5.52. The van der Waals surface area contributed by atoms with Crippen LogP contribution in [-0.2, 0) is 11.3 Å². The van der Waals surface area contributed by atoms with E-state index >= 15 is 0 Å². The predicted molar refractivity (Wildman–Crippen MR) is 64.8 cm³/mol. The van der Waals surface area contributed by atoms with Crippen LogP contribution in [0.5, 0.6) is 0 Å². The zero-order valence-corrected chi connectivity index (χ0v) is 10.6. The summed E-state index contributed by atoms with van der Waals surface area (Å²) in [6.07, 6.45) is -0.0817. The van der Waals surface area contributed by atoms with E-state index in [1.807, 2.05) is 6.92 Å². The van der Waals surface area contributed by atoms with Gasteiger partial charge in [-0.2, -0.15) is 0 Å². The second-order valence-corrected chi connectivity index (χ2v) is 3.87. The molecule has 8 heteroatoms. The zero-order chi connectivity index (χ0) is 13.9. The molecule has 0 saturated heterocycles. The number of nitrogens with zero attached hydrogens (tertiary/aromatic N) is 4. The number of rotatable bonds is 6. The largest absolute Gasteiger partial charge is 0.481 e. The lowest BCUT2D eigenvalue weighted by Crippen LogP contribution is -2.24. The molecule has 18 heavy (non-hydrogen) atoms. The number of hydrogen-bond acceptors (Lipinski definition) is 5. The number of carbonyl (C=O) groups is 1. The van der Waals surface area contributed by atoms with Crippen LogP contribution in [0, 0.1) is 17.0 Å². The minimum Gasteiger partial charge on any atom is -0.481 e. The van der Waals surface area contributed by atoms with Gasteiger partial charge in [-0.1, -0.05) is 0 Å². The van der Waals surface area contributed by atoms with Crippen molar-refractivity contribution in [1.29, 1.82) is 0 Å². The van der Waals surface area contributed by atoms with Gasteiger partial charge in [-0.05, 0) is 16.8 Å². The van der Waals surface area contributed by atoms with Gasteiger partial charge in [0.2, 0.25) is 11.6 Å². The van der Waals surface area contributed by atoms with Gasteiger partial charge in [-0.25, -0.2) is 0 Å². The van der Waals surface area contributed by atoms with Crippen molar-refractivity contribution in [1.82, 2.24) is 9.55 Å². The summed E-state index contributed by atoms with van der Waals surface area (Å²) in [5, 5.41) is 19.6. The number of nitro groups is 1. The maximum absolute atomic E-state index is 10.9. The maximum atomic E-state index is 10.9. The molecule has 1 heterocycles. The molecule has 8 nitrogen and oxygen atoms in total. The van der Waals surface area contributed by atoms with Crippen LogP contribution < -0.4 is 4.90 Å². The number of carboxylic acid groups (broad SMARTS) is 1. The third-order valence-corrected chi connectivity index (χ3v) is 2.63. The van der Waals surface area contributed by atoms with Gasteiger partial charge in [0.15, 0.2) is 0 Å². The molecule has 0 radical (unpaired) electrons. The average molecular weight is 256 g/mol. The van der Waals surface area contributed by atoms with E-state index in [1.165, 1.54) is 0 Å². The SMILES string of the molecule is CCn1c(C)nc([N+](=O)[O-])c1N(C)CCC(=O)O. The van der Waals surface area contributed by atoms with Crippen molar-refractivity contribution < 1.29 is 14.8 Å².